The maximum atomic E-state index is 13.1. The highest BCUT2D eigenvalue weighted by Gasteiger charge is 2.52. The molecule has 0 saturated heterocycles. The fraction of sp³-hybridized carbons (Fsp3) is 0.263. The summed E-state index contributed by atoms with van der Waals surface area (Å²) in [6.07, 6.45) is 3.65. The zero-order valence-corrected chi connectivity index (χ0v) is 14.1. The predicted octanol–water partition coefficient (Wildman–Crippen LogP) is 3.68. The van der Waals surface area contributed by atoms with Crippen LogP contribution in [0.15, 0.2) is 65.7 Å². The van der Waals surface area contributed by atoms with E-state index >= 15 is 0 Å². The van der Waals surface area contributed by atoms with E-state index in [1.807, 2.05) is 25.1 Å². The van der Waals surface area contributed by atoms with Crippen LogP contribution in [-0.4, -0.2) is 19.3 Å². The van der Waals surface area contributed by atoms with E-state index in [1.165, 1.54) is 16.4 Å². The summed E-state index contributed by atoms with van der Waals surface area (Å²) in [5.41, 5.74) is 2.10. The summed E-state index contributed by atoms with van der Waals surface area (Å²) in [5.74, 6) is 0.641. The highest BCUT2D eigenvalue weighted by Crippen LogP contribution is 2.57. The molecule has 2 aromatic carbocycles. The average molecular weight is 343 g/mol. The standard InChI is InChI=1S/C19H18FNO2S/c1-13-2-8-16(9-3-13)24(22,23)21-11-10-17-18(12-21)19(17)14-4-6-15(20)7-5-14/h2-11,17-19H,12H2,1H3/t17-,18+,19+/m1/s1. The van der Waals surface area contributed by atoms with Crippen LogP contribution in [0.25, 0.3) is 0 Å². The number of allylic oxidation sites excluding steroid dienone is 1. The minimum Gasteiger partial charge on any atom is -0.273 e. The van der Waals surface area contributed by atoms with Gasteiger partial charge in [-0.2, -0.15) is 0 Å². The van der Waals surface area contributed by atoms with Crippen molar-refractivity contribution < 1.29 is 12.8 Å². The van der Waals surface area contributed by atoms with Crippen LogP contribution >= 0.6 is 0 Å². The number of halogens is 1. The van der Waals surface area contributed by atoms with Crippen LogP contribution in [-0.2, 0) is 10.0 Å². The molecule has 3 atom stereocenters. The molecule has 24 heavy (non-hydrogen) atoms. The molecule has 0 unspecified atom stereocenters. The summed E-state index contributed by atoms with van der Waals surface area (Å²) in [6, 6.07) is 13.4. The monoisotopic (exact) mass is 343 g/mol. The van der Waals surface area contributed by atoms with Gasteiger partial charge in [-0.1, -0.05) is 35.9 Å². The number of rotatable bonds is 3. The number of aryl methyl sites for hydroxylation is 1. The Balaban J connectivity index is 1.55. The molecule has 1 fully saturated rings. The molecule has 0 amide bonds. The lowest BCUT2D eigenvalue weighted by Gasteiger charge is -2.23. The second-order valence-electron chi connectivity index (χ2n) is 6.55. The van der Waals surface area contributed by atoms with Crippen LogP contribution in [0.5, 0.6) is 0 Å². The molecular weight excluding hydrogens is 325 g/mol. The van der Waals surface area contributed by atoms with E-state index in [9.17, 15) is 12.8 Å². The maximum Gasteiger partial charge on any atom is 0.263 e. The highest BCUT2D eigenvalue weighted by atomic mass is 32.2. The van der Waals surface area contributed by atoms with Crippen molar-refractivity contribution in [1.29, 1.82) is 0 Å². The van der Waals surface area contributed by atoms with Crippen molar-refractivity contribution in [2.75, 3.05) is 6.54 Å². The summed E-state index contributed by atoms with van der Waals surface area (Å²) in [4.78, 5) is 0.315. The molecule has 1 heterocycles. The normalized spacial score (nSPS) is 25.4. The van der Waals surface area contributed by atoms with Gasteiger partial charge in [0.25, 0.3) is 10.0 Å². The lowest BCUT2D eigenvalue weighted by atomic mass is 10.1. The van der Waals surface area contributed by atoms with Gasteiger partial charge < -0.3 is 0 Å². The van der Waals surface area contributed by atoms with Crippen molar-refractivity contribution in [3.8, 4) is 0 Å². The predicted molar refractivity (Wildman–Crippen MR) is 90.3 cm³/mol. The van der Waals surface area contributed by atoms with Crippen molar-refractivity contribution in [3.63, 3.8) is 0 Å². The van der Waals surface area contributed by atoms with Gasteiger partial charge in [0.15, 0.2) is 0 Å². The molecule has 2 aromatic rings. The topological polar surface area (TPSA) is 37.4 Å². The first-order valence-corrected chi connectivity index (χ1v) is 9.43. The van der Waals surface area contributed by atoms with E-state index in [1.54, 1.807) is 30.5 Å². The van der Waals surface area contributed by atoms with Gasteiger partial charge in [-0.25, -0.2) is 12.8 Å². The van der Waals surface area contributed by atoms with Crippen LogP contribution in [0.3, 0.4) is 0 Å². The van der Waals surface area contributed by atoms with Crippen molar-refractivity contribution in [2.24, 2.45) is 11.8 Å². The Kier molecular flexibility index (Phi) is 3.49. The zero-order chi connectivity index (χ0) is 16.9. The first-order chi connectivity index (χ1) is 11.5. The van der Waals surface area contributed by atoms with Crippen LogP contribution in [0, 0.1) is 24.6 Å². The van der Waals surface area contributed by atoms with E-state index in [0.717, 1.165) is 11.1 Å². The molecule has 1 aliphatic carbocycles. The van der Waals surface area contributed by atoms with Gasteiger partial charge in [-0.05, 0) is 54.5 Å². The quantitative estimate of drug-likeness (QED) is 0.852. The fourth-order valence-corrected chi connectivity index (χ4v) is 4.89. The number of hydrogen-bond acceptors (Lipinski definition) is 2. The lowest BCUT2D eigenvalue weighted by Crippen LogP contribution is -2.30. The van der Waals surface area contributed by atoms with Gasteiger partial charge in [0, 0.05) is 12.7 Å². The number of nitrogens with zero attached hydrogens (tertiary/aromatic N) is 1. The molecule has 0 radical (unpaired) electrons. The minimum absolute atomic E-state index is 0.249. The third-order valence-electron chi connectivity index (χ3n) is 4.98. The Morgan fingerprint density at radius 2 is 1.71 bits per heavy atom. The maximum absolute atomic E-state index is 13.1. The van der Waals surface area contributed by atoms with Gasteiger partial charge >= 0.3 is 0 Å². The Bertz CT molecular complexity index is 888. The van der Waals surface area contributed by atoms with Crippen LogP contribution in [0.4, 0.5) is 4.39 Å². The van der Waals surface area contributed by atoms with E-state index < -0.39 is 10.0 Å². The molecule has 1 saturated carbocycles. The Morgan fingerprint density at radius 3 is 2.38 bits per heavy atom. The molecule has 0 bridgehead atoms. The molecule has 0 N–H and O–H groups in total. The van der Waals surface area contributed by atoms with E-state index in [2.05, 4.69) is 0 Å². The van der Waals surface area contributed by atoms with Crippen LogP contribution < -0.4 is 0 Å². The second kappa shape index (κ2) is 5.45. The number of fused-ring (bicyclic) bond motifs is 1. The van der Waals surface area contributed by atoms with Crippen molar-refractivity contribution >= 4 is 10.0 Å². The summed E-state index contributed by atoms with van der Waals surface area (Å²) in [6.45, 7) is 2.40. The van der Waals surface area contributed by atoms with Gasteiger partial charge in [-0.3, -0.25) is 4.31 Å². The van der Waals surface area contributed by atoms with Gasteiger partial charge in [0.1, 0.15) is 5.82 Å². The van der Waals surface area contributed by atoms with Crippen molar-refractivity contribution in [3.05, 3.63) is 77.8 Å². The number of hydrogen-bond donors (Lipinski definition) is 0. The highest BCUT2D eigenvalue weighted by molar-refractivity contribution is 7.89. The van der Waals surface area contributed by atoms with Crippen molar-refractivity contribution in [2.45, 2.75) is 17.7 Å². The molecule has 4 rings (SSSR count). The van der Waals surface area contributed by atoms with Crippen molar-refractivity contribution in [1.82, 2.24) is 4.31 Å². The minimum atomic E-state index is -3.51. The van der Waals surface area contributed by atoms with Gasteiger partial charge in [0.05, 0.1) is 4.90 Å². The smallest absolute Gasteiger partial charge is 0.263 e. The summed E-state index contributed by atoms with van der Waals surface area (Å²) in [7, 11) is -3.51. The first-order valence-electron chi connectivity index (χ1n) is 7.99. The summed E-state index contributed by atoms with van der Waals surface area (Å²) < 4.78 is 40.1. The molecule has 0 spiro atoms. The first kappa shape index (κ1) is 15.4. The average Bonchev–Trinajstić information content (AvgIpc) is 3.29. The van der Waals surface area contributed by atoms with Crippen LogP contribution in [0.2, 0.25) is 0 Å². The summed E-state index contributed by atoms with van der Waals surface area (Å²) >= 11 is 0. The Hall–Kier alpha value is -2.14. The second-order valence-corrected chi connectivity index (χ2v) is 8.44. The molecule has 3 nitrogen and oxygen atoms in total. The van der Waals surface area contributed by atoms with E-state index in [-0.39, 0.29) is 17.7 Å². The molecule has 1 aliphatic heterocycles. The van der Waals surface area contributed by atoms with Crippen LogP contribution in [0.1, 0.15) is 17.0 Å². The zero-order valence-electron chi connectivity index (χ0n) is 13.3. The molecule has 124 valence electrons. The Labute approximate surface area is 141 Å². The number of sulfonamides is 1. The molecule has 0 aromatic heterocycles. The molecule has 5 heteroatoms. The van der Waals surface area contributed by atoms with Gasteiger partial charge in [-0.15, -0.1) is 0 Å². The van der Waals surface area contributed by atoms with E-state index in [4.69, 9.17) is 0 Å². The number of benzene rings is 2. The third kappa shape index (κ3) is 2.53. The lowest BCUT2D eigenvalue weighted by molar-refractivity contribution is 0.460. The SMILES string of the molecule is Cc1ccc(S(=O)(=O)N2C=C[C@@H]3[C@H](C2)[C@H]3c2ccc(F)cc2)cc1. The van der Waals surface area contributed by atoms with Gasteiger partial charge in [0.2, 0.25) is 0 Å². The molecule has 2 aliphatic rings. The third-order valence-corrected chi connectivity index (χ3v) is 6.73. The Morgan fingerprint density at radius 1 is 1.04 bits per heavy atom. The molecular formula is C19H18FNO2S. The van der Waals surface area contributed by atoms with E-state index in [0.29, 0.717) is 17.4 Å². The largest absolute Gasteiger partial charge is 0.273 e. The summed E-state index contributed by atoms with van der Waals surface area (Å²) in [5, 5.41) is 0. The fourth-order valence-electron chi connectivity index (χ4n) is 3.54.